The van der Waals surface area contributed by atoms with Gasteiger partial charge in [-0.25, -0.2) is 0 Å². The van der Waals surface area contributed by atoms with Gasteiger partial charge in [-0.1, -0.05) is 26.0 Å². The fourth-order valence-corrected chi connectivity index (χ4v) is 1.82. The van der Waals surface area contributed by atoms with Gasteiger partial charge in [-0.05, 0) is 31.3 Å². The van der Waals surface area contributed by atoms with Crippen LogP contribution in [0, 0.1) is 5.92 Å². The van der Waals surface area contributed by atoms with Crippen LogP contribution in [-0.4, -0.2) is 6.54 Å². The molecule has 0 heterocycles. The Morgan fingerprint density at radius 3 is 3.13 bits per heavy atom. The van der Waals surface area contributed by atoms with E-state index < -0.39 is 0 Å². The van der Waals surface area contributed by atoms with Crippen LogP contribution in [-0.2, 0) is 0 Å². The van der Waals surface area contributed by atoms with Crippen molar-refractivity contribution < 1.29 is 0 Å². The zero-order chi connectivity index (χ0) is 10.7. The Balaban J connectivity index is 1.77. The highest BCUT2D eigenvalue weighted by molar-refractivity contribution is 5.53. The maximum atomic E-state index is 3.47. The lowest BCUT2D eigenvalue weighted by Gasteiger charge is -2.06. The summed E-state index contributed by atoms with van der Waals surface area (Å²) in [4.78, 5) is 0. The van der Waals surface area contributed by atoms with Crippen LogP contribution in [0.5, 0.6) is 0 Å². The van der Waals surface area contributed by atoms with E-state index in [0.717, 1.165) is 6.54 Å². The summed E-state index contributed by atoms with van der Waals surface area (Å²) in [7, 11) is 0. The van der Waals surface area contributed by atoms with Gasteiger partial charge in [-0.3, -0.25) is 0 Å². The highest BCUT2D eigenvalue weighted by Crippen LogP contribution is 2.31. The first kappa shape index (κ1) is 10.3. The fourth-order valence-electron chi connectivity index (χ4n) is 1.82. The minimum atomic E-state index is 0.648. The van der Waals surface area contributed by atoms with Crippen LogP contribution < -0.4 is 5.32 Å². The van der Waals surface area contributed by atoms with Gasteiger partial charge in [0.15, 0.2) is 0 Å². The number of allylic oxidation sites excluding steroid dienone is 4. The summed E-state index contributed by atoms with van der Waals surface area (Å²) in [6, 6.07) is 0. The van der Waals surface area contributed by atoms with Crippen molar-refractivity contribution >= 4 is 0 Å². The molecule has 0 bridgehead atoms. The molecule has 2 aliphatic rings. The molecule has 0 fully saturated rings. The number of hydrogen-bond donors (Lipinski definition) is 1. The van der Waals surface area contributed by atoms with E-state index in [1.54, 1.807) is 0 Å². The number of rotatable bonds is 4. The second-order valence-corrected chi connectivity index (χ2v) is 4.59. The van der Waals surface area contributed by atoms with Crippen molar-refractivity contribution in [1.82, 2.24) is 5.32 Å². The largest absolute Gasteiger partial charge is 0.385 e. The summed E-state index contributed by atoms with van der Waals surface area (Å²) < 4.78 is 0. The number of nitrogens with one attached hydrogen (secondary N) is 1. The summed E-state index contributed by atoms with van der Waals surface area (Å²) in [5.74, 6) is 0.648. The van der Waals surface area contributed by atoms with E-state index >= 15 is 0 Å². The SMILES string of the molecule is CC(C)/C=C\CNC1=CC2=C=C2CCC1. The standard InChI is InChI=1S/C14H19N/c1-11(2)5-4-8-15-14-7-3-6-12-9-13(12)10-14/h4-5,10-11,15H,3,6-8H2,1-2H3/b5-4-. The Bertz CT molecular complexity index is 363. The third-order valence-corrected chi connectivity index (χ3v) is 2.71. The first-order chi connectivity index (χ1) is 7.25. The van der Waals surface area contributed by atoms with Crippen molar-refractivity contribution in [2.24, 2.45) is 5.92 Å². The normalized spacial score (nSPS) is 19.3. The Hall–Kier alpha value is -1.20. The maximum absolute atomic E-state index is 3.47. The van der Waals surface area contributed by atoms with E-state index in [0.29, 0.717) is 5.92 Å². The lowest BCUT2D eigenvalue weighted by atomic mass is 10.2. The van der Waals surface area contributed by atoms with E-state index in [2.05, 4.69) is 43.1 Å². The molecule has 1 N–H and O–H groups in total. The smallest absolute Gasteiger partial charge is 0.0327 e. The monoisotopic (exact) mass is 201 g/mol. The summed E-state index contributed by atoms with van der Waals surface area (Å²) >= 11 is 0. The van der Waals surface area contributed by atoms with Crippen LogP contribution >= 0.6 is 0 Å². The molecule has 80 valence electrons. The zero-order valence-electron chi connectivity index (χ0n) is 9.64. The summed E-state index contributed by atoms with van der Waals surface area (Å²) in [6.07, 6.45) is 10.4. The van der Waals surface area contributed by atoms with Crippen molar-refractivity contribution in [2.75, 3.05) is 6.54 Å². The third-order valence-electron chi connectivity index (χ3n) is 2.71. The first-order valence-corrected chi connectivity index (χ1v) is 5.87. The molecule has 0 atom stereocenters. The third kappa shape index (κ3) is 3.14. The Labute approximate surface area is 92.3 Å². The average molecular weight is 201 g/mol. The van der Waals surface area contributed by atoms with Crippen LogP contribution in [0.4, 0.5) is 0 Å². The molecule has 0 aromatic carbocycles. The fraction of sp³-hybridized carbons (Fsp3) is 0.500. The van der Waals surface area contributed by atoms with Crippen LogP contribution in [0.15, 0.2) is 40.8 Å². The van der Waals surface area contributed by atoms with Crippen LogP contribution in [0.1, 0.15) is 33.1 Å². The van der Waals surface area contributed by atoms with Crippen molar-refractivity contribution in [3.8, 4) is 0 Å². The van der Waals surface area contributed by atoms with Gasteiger partial charge in [0, 0.05) is 23.4 Å². The lowest BCUT2D eigenvalue weighted by Crippen LogP contribution is -2.12. The number of hydrogen-bond acceptors (Lipinski definition) is 1. The second kappa shape index (κ2) is 4.55. The summed E-state index contributed by atoms with van der Waals surface area (Å²) in [5, 5.41) is 3.47. The highest BCUT2D eigenvalue weighted by atomic mass is 14.9. The maximum Gasteiger partial charge on any atom is 0.0327 e. The van der Waals surface area contributed by atoms with Crippen molar-refractivity contribution in [2.45, 2.75) is 33.1 Å². The van der Waals surface area contributed by atoms with E-state index in [1.165, 1.54) is 36.1 Å². The van der Waals surface area contributed by atoms with Crippen molar-refractivity contribution in [1.29, 1.82) is 0 Å². The molecule has 0 radical (unpaired) electrons. The Kier molecular flexibility index (Phi) is 3.13. The van der Waals surface area contributed by atoms with E-state index in [-0.39, 0.29) is 0 Å². The van der Waals surface area contributed by atoms with Gasteiger partial charge >= 0.3 is 0 Å². The first-order valence-electron chi connectivity index (χ1n) is 5.87. The lowest BCUT2D eigenvalue weighted by molar-refractivity contribution is 0.751. The molecule has 0 saturated heterocycles. The highest BCUT2D eigenvalue weighted by Gasteiger charge is 2.16. The molecule has 15 heavy (non-hydrogen) atoms. The molecule has 0 aliphatic heterocycles. The minimum absolute atomic E-state index is 0.648. The predicted molar refractivity (Wildman–Crippen MR) is 64.5 cm³/mol. The van der Waals surface area contributed by atoms with Gasteiger partial charge in [0.2, 0.25) is 0 Å². The summed E-state index contributed by atoms with van der Waals surface area (Å²) in [5.41, 5.74) is 7.48. The van der Waals surface area contributed by atoms with E-state index in [4.69, 9.17) is 0 Å². The van der Waals surface area contributed by atoms with Crippen LogP contribution in [0.25, 0.3) is 0 Å². The van der Waals surface area contributed by atoms with Crippen molar-refractivity contribution in [3.63, 3.8) is 0 Å². The van der Waals surface area contributed by atoms with Crippen LogP contribution in [0.2, 0.25) is 0 Å². The quantitative estimate of drug-likeness (QED) is 0.543. The molecule has 1 heteroatoms. The van der Waals surface area contributed by atoms with Gasteiger partial charge in [-0.15, -0.1) is 5.73 Å². The van der Waals surface area contributed by atoms with Crippen molar-refractivity contribution in [3.05, 3.63) is 40.8 Å². The Morgan fingerprint density at radius 2 is 2.33 bits per heavy atom. The number of fused-ring (bicyclic) bond motifs is 1. The summed E-state index contributed by atoms with van der Waals surface area (Å²) in [6.45, 7) is 5.35. The second-order valence-electron chi connectivity index (χ2n) is 4.59. The molecule has 0 aromatic rings. The van der Waals surface area contributed by atoms with Gasteiger partial charge < -0.3 is 5.32 Å². The van der Waals surface area contributed by atoms with Crippen LogP contribution in [0.3, 0.4) is 0 Å². The molecule has 0 unspecified atom stereocenters. The van der Waals surface area contributed by atoms with E-state index in [1.807, 2.05) is 0 Å². The van der Waals surface area contributed by atoms with Gasteiger partial charge in [-0.2, -0.15) is 0 Å². The molecular formula is C14H19N. The molecule has 0 aromatic heterocycles. The molecule has 2 rings (SSSR count). The molecular weight excluding hydrogens is 182 g/mol. The van der Waals surface area contributed by atoms with E-state index in [9.17, 15) is 0 Å². The Morgan fingerprint density at radius 1 is 1.47 bits per heavy atom. The van der Waals surface area contributed by atoms with Gasteiger partial charge in [0.25, 0.3) is 0 Å². The topological polar surface area (TPSA) is 12.0 Å². The molecule has 0 saturated carbocycles. The minimum Gasteiger partial charge on any atom is -0.385 e. The molecule has 0 amide bonds. The zero-order valence-corrected chi connectivity index (χ0v) is 9.64. The predicted octanol–water partition coefficient (Wildman–Crippen LogP) is 3.32. The van der Waals surface area contributed by atoms with Gasteiger partial charge in [0.1, 0.15) is 0 Å². The molecule has 2 aliphatic carbocycles. The van der Waals surface area contributed by atoms with Gasteiger partial charge in [0.05, 0.1) is 0 Å². The average Bonchev–Trinajstić information content (AvgIpc) is 2.89. The molecule has 1 nitrogen and oxygen atoms in total. The molecule has 0 spiro atoms.